The van der Waals surface area contributed by atoms with Crippen molar-refractivity contribution in [2.45, 2.75) is 12.3 Å². The fourth-order valence-electron chi connectivity index (χ4n) is 3.30. The first kappa shape index (κ1) is 16.1. The van der Waals surface area contributed by atoms with Crippen molar-refractivity contribution in [3.05, 3.63) is 53.4 Å². The monoisotopic (exact) mass is 383 g/mol. The van der Waals surface area contributed by atoms with Gasteiger partial charge in [0, 0.05) is 29.2 Å². The number of carbonyl (C=O) groups is 1. The fourth-order valence-corrected chi connectivity index (χ4v) is 3.42. The molecule has 8 heteroatoms. The van der Waals surface area contributed by atoms with Crippen LogP contribution < -0.4 is 14.4 Å². The van der Waals surface area contributed by atoms with Crippen LogP contribution in [0, 0.1) is 0 Å². The molecule has 0 saturated carbocycles. The summed E-state index contributed by atoms with van der Waals surface area (Å²) >= 11 is 5.92. The van der Waals surface area contributed by atoms with Crippen molar-refractivity contribution >= 4 is 23.2 Å². The van der Waals surface area contributed by atoms with Crippen LogP contribution in [0.5, 0.6) is 11.5 Å². The van der Waals surface area contributed by atoms with E-state index in [4.69, 9.17) is 25.6 Å². The van der Waals surface area contributed by atoms with Crippen molar-refractivity contribution in [2.24, 2.45) is 0 Å². The lowest BCUT2D eigenvalue weighted by Gasteiger charge is -2.15. The topological polar surface area (TPSA) is 77.7 Å². The van der Waals surface area contributed by atoms with Crippen molar-refractivity contribution in [3.63, 3.8) is 0 Å². The molecule has 27 heavy (non-hydrogen) atoms. The van der Waals surface area contributed by atoms with Gasteiger partial charge in [0.15, 0.2) is 11.5 Å². The highest BCUT2D eigenvalue weighted by atomic mass is 35.5. The van der Waals surface area contributed by atoms with E-state index in [1.54, 1.807) is 17.0 Å². The summed E-state index contributed by atoms with van der Waals surface area (Å²) in [7, 11) is 0. The van der Waals surface area contributed by atoms with Crippen LogP contribution in [0.2, 0.25) is 5.02 Å². The predicted octanol–water partition coefficient (Wildman–Crippen LogP) is 3.64. The number of nitrogens with zero attached hydrogens (tertiary/aromatic N) is 3. The van der Waals surface area contributed by atoms with Gasteiger partial charge in [-0.05, 0) is 42.5 Å². The van der Waals surface area contributed by atoms with Crippen LogP contribution in [0.15, 0.2) is 47.0 Å². The first-order chi connectivity index (χ1) is 13.2. The molecule has 7 nitrogen and oxygen atoms in total. The Morgan fingerprint density at radius 1 is 1.07 bits per heavy atom. The second-order valence-corrected chi connectivity index (χ2v) is 6.84. The summed E-state index contributed by atoms with van der Waals surface area (Å²) in [4.78, 5) is 18.6. The number of amides is 1. The van der Waals surface area contributed by atoms with Gasteiger partial charge in [0.2, 0.25) is 24.4 Å². The molecule has 2 aliphatic heterocycles. The fraction of sp³-hybridized carbons (Fsp3) is 0.211. The number of carbonyl (C=O) groups excluding carboxylic acids is 1. The second kappa shape index (κ2) is 6.28. The molecule has 1 saturated heterocycles. The zero-order chi connectivity index (χ0) is 18.4. The maximum atomic E-state index is 12.4. The molecule has 1 amide bonds. The molecule has 5 rings (SSSR count). The average Bonchev–Trinajstić information content (AvgIpc) is 3.41. The highest BCUT2D eigenvalue weighted by Gasteiger charge is 2.35. The van der Waals surface area contributed by atoms with E-state index in [1.165, 1.54) is 0 Å². The number of hydrogen-bond acceptors (Lipinski definition) is 6. The van der Waals surface area contributed by atoms with Crippen LogP contribution >= 0.6 is 11.6 Å². The van der Waals surface area contributed by atoms with E-state index < -0.39 is 0 Å². The molecule has 136 valence electrons. The van der Waals surface area contributed by atoms with Gasteiger partial charge in [-0.2, -0.15) is 4.98 Å². The average molecular weight is 384 g/mol. The van der Waals surface area contributed by atoms with E-state index in [2.05, 4.69) is 10.1 Å². The van der Waals surface area contributed by atoms with Gasteiger partial charge >= 0.3 is 0 Å². The Morgan fingerprint density at radius 3 is 2.74 bits per heavy atom. The lowest BCUT2D eigenvalue weighted by molar-refractivity contribution is -0.117. The van der Waals surface area contributed by atoms with Crippen LogP contribution in [0.25, 0.3) is 11.4 Å². The summed E-state index contributed by atoms with van der Waals surface area (Å²) in [5.41, 5.74) is 1.58. The molecule has 0 aliphatic carbocycles. The minimum absolute atomic E-state index is 0.0187. The maximum Gasteiger partial charge on any atom is 0.232 e. The third-order valence-electron chi connectivity index (χ3n) is 4.69. The Balaban J connectivity index is 1.37. The molecule has 2 aliphatic rings. The first-order valence-corrected chi connectivity index (χ1v) is 8.85. The van der Waals surface area contributed by atoms with Crippen LogP contribution in [0.4, 0.5) is 5.69 Å². The lowest BCUT2D eigenvalue weighted by Crippen LogP contribution is -2.24. The molecule has 0 bridgehead atoms. The van der Waals surface area contributed by atoms with Gasteiger partial charge in [0.1, 0.15) is 0 Å². The number of halogens is 1. The van der Waals surface area contributed by atoms with Gasteiger partial charge in [0.25, 0.3) is 0 Å². The Hall–Kier alpha value is -3.06. The zero-order valence-corrected chi connectivity index (χ0v) is 14.8. The minimum Gasteiger partial charge on any atom is -0.454 e. The van der Waals surface area contributed by atoms with Crippen molar-refractivity contribution in [3.8, 4) is 22.9 Å². The largest absolute Gasteiger partial charge is 0.454 e. The van der Waals surface area contributed by atoms with Gasteiger partial charge < -0.3 is 18.9 Å². The van der Waals surface area contributed by atoms with E-state index in [0.29, 0.717) is 41.2 Å². The molecule has 0 N–H and O–H groups in total. The van der Waals surface area contributed by atoms with Crippen LogP contribution in [0.3, 0.4) is 0 Å². The summed E-state index contributed by atoms with van der Waals surface area (Å²) in [6, 6.07) is 12.7. The molecular weight excluding hydrogens is 370 g/mol. The summed E-state index contributed by atoms with van der Waals surface area (Å²) < 4.78 is 16.1. The summed E-state index contributed by atoms with van der Waals surface area (Å²) in [5.74, 6) is 2.13. The highest BCUT2D eigenvalue weighted by molar-refractivity contribution is 6.30. The third kappa shape index (κ3) is 2.90. The summed E-state index contributed by atoms with van der Waals surface area (Å²) in [6.45, 7) is 0.699. The minimum atomic E-state index is -0.150. The van der Waals surface area contributed by atoms with Gasteiger partial charge in [-0.3, -0.25) is 4.79 Å². The molecule has 1 fully saturated rings. The molecule has 0 radical (unpaired) electrons. The molecule has 3 heterocycles. The molecule has 1 atom stereocenters. The molecule has 0 spiro atoms. The van der Waals surface area contributed by atoms with Crippen molar-refractivity contribution < 1.29 is 18.8 Å². The third-order valence-corrected chi connectivity index (χ3v) is 4.94. The Kier molecular flexibility index (Phi) is 3.75. The quantitative estimate of drug-likeness (QED) is 0.687. The van der Waals surface area contributed by atoms with Crippen LogP contribution in [0.1, 0.15) is 18.2 Å². The van der Waals surface area contributed by atoms with Gasteiger partial charge in [-0.1, -0.05) is 16.8 Å². The van der Waals surface area contributed by atoms with E-state index in [-0.39, 0.29) is 18.6 Å². The zero-order valence-electron chi connectivity index (χ0n) is 14.1. The van der Waals surface area contributed by atoms with Crippen molar-refractivity contribution in [1.29, 1.82) is 0 Å². The number of fused-ring (bicyclic) bond motifs is 1. The van der Waals surface area contributed by atoms with Crippen molar-refractivity contribution in [1.82, 2.24) is 10.1 Å². The second-order valence-electron chi connectivity index (χ2n) is 6.41. The number of benzene rings is 2. The Morgan fingerprint density at radius 2 is 1.89 bits per heavy atom. The van der Waals surface area contributed by atoms with Crippen LogP contribution in [-0.2, 0) is 4.79 Å². The van der Waals surface area contributed by atoms with Gasteiger partial charge in [0.05, 0.1) is 5.92 Å². The molecule has 0 unspecified atom stereocenters. The summed E-state index contributed by atoms with van der Waals surface area (Å²) in [5, 5.41) is 4.69. The maximum absolute atomic E-state index is 12.4. The first-order valence-electron chi connectivity index (χ1n) is 8.47. The Bertz CT molecular complexity index is 1020. The normalized spacial score (nSPS) is 18.3. The van der Waals surface area contributed by atoms with E-state index in [9.17, 15) is 4.79 Å². The number of ether oxygens (including phenoxy) is 2. The smallest absolute Gasteiger partial charge is 0.232 e. The molecule has 2 aromatic carbocycles. The molecule has 3 aromatic rings. The van der Waals surface area contributed by atoms with Gasteiger partial charge in [-0.25, -0.2) is 0 Å². The number of hydrogen-bond donors (Lipinski definition) is 0. The van der Waals surface area contributed by atoms with E-state index in [0.717, 1.165) is 11.3 Å². The molecule has 1 aromatic heterocycles. The van der Waals surface area contributed by atoms with E-state index in [1.807, 2.05) is 30.3 Å². The number of rotatable bonds is 3. The summed E-state index contributed by atoms with van der Waals surface area (Å²) in [6.07, 6.45) is 0.325. The van der Waals surface area contributed by atoms with Gasteiger partial charge in [-0.15, -0.1) is 0 Å². The number of aromatic nitrogens is 2. The standard InChI is InChI=1S/C19H14ClN3O4/c20-13-2-4-14(5-3-13)23-9-12(8-17(23)24)19-21-18(22-27-19)11-1-6-15-16(7-11)26-10-25-15/h1-7,12H,8-10H2/t12-/m0/s1. The lowest BCUT2D eigenvalue weighted by atomic mass is 10.1. The SMILES string of the molecule is O=C1C[C@H](c2nc(-c3ccc4c(c3)OCO4)no2)CN1c1ccc(Cl)cc1. The predicted molar refractivity (Wildman–Crippen MR) is 97.0 cm³/mol. The Labute approximate surface area is 159 Å². The number of anilines is 1. The van der Waals surface area contributed by atoms with E-state index >= 15 is 0 Å². The van der Waals surface area contributed by atoms with Crippen molar-refractivity contribution in [2.75, 3.05) is 18.2 Å². The van der Waals surface area contributed by atoms with Crippen LogP contribution in [-0.4, -0.2) is 29.4 Å². The molecular formula is C19H14ClN3O4. The highest BCUT2D eigenvalue weighted by Crippen LogP contribution is 2.36.